The molecule has 0 aliphatic heterocycles. The Morgan fingerprint density at radius 2 is 1.32 bits per heavy atom. The lowest BCUT2D eigenvalue weighted by molar-refractivity contribution is -0.128. The molecule has 4 heteroatoms. The van der Waals surface area contributed by atoms with Crippen molar-refractivity contribution >= 4 is 24.2 Å². The van der Waals surface area contributed by atoms with Gasteiger partial charge in [0.15, 0.2) is 0 Å². The van der Waals surface area contributed by atoms with Crippen molar-refractivity contribution in [2.45, 2.75) is 19.3 Å². The monoisotopic (exact) mass is 504 g/mol. The van der Waals surface area contributed by atoms with Gasteiger partial charge in [0.05, 0.1) is 14.2 Å². The van der Waals surface area contributed by atoms with Gasteiger partial charge in [-0.15, -0.1) is 0 Å². The van der Waals surface area contributed by atoms with Crippen molar-refractivity contribution in [2.75, 3.05) is 14.2 Å². The lowest BCUT2D eigenvalue weighted by Crippen LogP contribution is -2.18. The van der Waals surface area contributed by atoms with Crippen molar-refractivity contribution in [1.82, 2.24) is 0 Å². The van der Waals surface area contributed by atoms with E-state index in [0.717, 1.165) is 22.3 Å². The van der Waals surface area contributed by atoms with Gasteiger partial charge in [-0.1, -0.05) is 98.8 Å². The largest absolute Gasteiger partial charge is 0.497 e. The molecular formula is C34H32O4. The van der Waals surface area contributed by atoms with Crippen molar-refractivity contribution in [2.24, 2.45) is 0 Å². The van der Waals surface area contributed by atoms with Crippen LogP contribution in [0.15, 0.2) is 103 Å². The molecule has 0 saturated heterocycles. The van der Waals surface area contributed by atoms with Gasteiger partial charge in [0.1, 0.15) is 17.2 Å². The highest BCUT2D eigenvalue weighted by molar-refractivity contribution is 5.91. The van der Waals surface area contributed by atoms with Gasteiger partial charge in [0, 0.05) is 23.1 Å². The van der Waals surface area contributed by atoms with E-state index in [1.807, 2.05) is 91.0 Å². The number of benzene rings is 4. The molecule has 0 fully saturated rings. The molecule has 0 heterocycles. The Labute approximate surface area is 224 Å². The molecule has 38 heavy (non-hydrogen) atoms. The lowest BCUT2D eigenvalue weighted by Gasteiger charge is -2.26. The Hall–Kier alpha value is -4.57. The molecule has 0 bridgehead atoms. The minimum absolute atomic E-state index is 0.168. The molecule has 0 saturated carbocycles. The van der Waals surface area contributed by atoms with E-state index in [1.54, 1.807) is 26.4 Å². The predicted molar refractivity (Wildman–Crippen MR) is 155 cm³/mol. The van der Waals surface area contributed by atoms with E-state index < -0.39 is 5.97 Å². The van der Waals surface area contributed by atoms with Crippen molar-refractivity contribution in [3.8, 4) is 17.2 Å². The van der Waals surface area contributed by atoms with Gasteiger partial charge in [0.25, 0.3) is 0 Å². The molecule has 4 nitrogen and oxygen atoms in total. The summed E-state index contributed by atoms with van der Waals surface area (Å²) in [7, 11) is 3.20. The van der Waals surface area contributed by atoms with Crippen LogP contribution in [0, 0.1) is 0 Å². The quantitative estimate of drug-likeness (QED) is 0.101. The summed E-state index contributed by atoms with van der Waals surface area (Å²) in [5.41, 5.74) is 4.84. The summed E-state index contributed by atoms with van der Waals surface area (Å²) in [6.07, 6.45) is 7.09. The molecule has 0 N–H and O–H groups in total. The summed E-state index contributed by atoms with van der Waals surface area (Å²) in [4.78, 5) is 12.7. The van der Waals surface area contributed by atoms with Gasteiger partial charge >= 0.3 is 5.97 Å². The Morgan fingerprint density at radius 1 is 0.684 bits per heavy atom. The first-order valence-electron chi connectivity index (χ1n) is 12.5. The van der Waals surface area contributed by atoms with Gasteiger partial charge in [-0.05, 0) is 46.5 Å². The van der Waals surface area contributed by atoms with E-state index in [9.17, 15) is 4.79 Å². The van der Waals surface area contributed by atoms with Crippen LogP contribution in [-0.4, -0.2) is 20.2 Å². The maximum atomic E-state index is 12.7. The number of hydrogen-bond acceptors (Lipinski definition) is 4. The average Bonchev–Trinajstić information content (AvgIpc) is 2.96. The molecule has 4 aromatic carbocycles. The second-order valence-electron chi connectivity index (χ2n) is 9.35. The fourth-order valence-electron chi connectivity index (χ4n) is 4.24. The van der Waals surface area contributed by atoms with E-state index in [4.69, 9.17) is 14.2 Å². The second-order valence-corrected chi connectivity index (χ2v) is 9.35. The van der Waals surface area contributed by atoms with Crippen LogP contribution in [0.1, 0.15) is 41.7 Å². The molecule has 4 rings (SSSR count). The molecule has 0 unspecified atom stereocenters. The number of esters is 1. The number of hydrogen-bond donors (Lipinski definition) is 0. The average molecular weight is 505 g/mol. The predicted octanol–water partition coefficient (Wildman–Crippen LogP) is 7.82. The molecule has 0 radical (unpaired) electrons. The highest BCUT2D eigenvalue weighted by atomic mass is 16.5. The summed E-state index contributed by atoms with van der Waals surface area (Å²) in [6.45, 7) is 4.36. The topological polar surface area (TPSA) is 44.8 Å². The van der Waals surface area contributed by atoms with Gasteiger partial charge in [-0.25, -0.2) is 4.79 Å². The van der Waals surface area contributed by atoms with Gasteiger partial charge in [-0.2, -0.15) is 0 Å². The molecule has 0 aliphatic rings. The SMILES string of the molecule is COc1cc(/C=C/c2ccccc2)c(/C=C/C(=O)Oc2ccc(C(C)(C)c3ccccc3)cc2)c(OC)c1. The van der Waals surface area contributed by atoms with Gasteiger partial charge < -0.3 is 14.2 Å². The molecule has 192 valence electrons. The fraction of sp³-hybridized carbons (Fsp3) is 0.147. The summed E-state index contributed by atoms with van der Waals surface area (Å²) < 4.78 is 16.6. The summed E-state index contributed by atoms with van der Waals surface area (Å²) >= 11 is 0. The van der Waals surface area contributed by atoms with Gasteiger partial charge in [0.2, 0.25) is 0 Å². The smallest absolute Gasteiger partial charge is 0.336 e. The molecule has 0 amide bonds. The molecule has 0 aromatic heterocycles. The number of carbonyl (C=O) groups excluding carboxylic acids is 1. The van der Waals surface area contributed by atoms with Gasteiger partial charge in [-0.3, -0.25) is 0 Å². The highest BCUT2D eigenvalue weighted by Crippen LogP contribution is 2.33. The number of methoxy groups -OCH3 is 2. The minimum Gasteiger partial charge on any atom is -0.497 e. The maximum absolute atomic E-state index is 12.7. The molecule has 4 aromatic rings. The van der Waals surface area contributed by atoms with E-state index in [2.05, 4.69) is 26.0 Å². The first-order valence-corrected chi connectivity index (χ1v) is 12.5. The van der Waals surface area contributed by atoms with Crippen molar-refractivity contribution < 1.29 is 19.0 Å². The highest BCUT2D eigenvalue weighted by Gasteiger charge is 2.22. The van der Waals surface area contributed by atoms with E-state index in [1.165, 1.54) is 11.6 Å². The molecule has 0 atom stereocenters. The Bertz CT molecular complexity index is 1420. The third-order valence-corrected chi connectivity index (χ3v) is 6.53. The lowest BCUT2D eigenvalue weighted by atomic mass is 9.78. The molecular weight excluding hydrogens is 472 g/mol. The zero-order valence-corrected chi connectivity index (χ0v) is 22.2. The Kier molecular flexibility index (Phi) is 8.44. The zero-order chi connectivity index (χ0) is 27.0. The van der Waals surface area contributed by atoms with Crippen LogP contribution in [-0.2, 0) is 10.2 Å². The normalized spacial score (nSPS) is 11.6. The second kappa shape index (κ2) is 12.1. The number of carbonyl (C=O) groups is 1. The molecule has 0 spiro atoms. The third-order valence-electron chi connectivity index (χ3n) is 6.53. The number of rotatable bonds is 9. The van der Waals surface area contributed by atoms with Crippen LogP contribution in [0.4, 0.5) is 0 Å². The zero-order valence-electron chi connectivity index (χ0n) is 22.2. The van der Waals surface area contributed by atoms with Crippen LogP contribution >= 0.6 is 0 Å². The summed E-state index contributed by atoms with van der Waals surface area (Å²) in [6, 6.07) is 31.7. The number of ether oxygens (including phenoxy) is 3. The van der Waals surface area contributed by atoms with E-state index in [0.29, 0.717) is 17.2 Å². The van der Waals surface area contributed by atoms with Crippen molar-refractivity contribution in [3.63, 3.8) is 0 Å². The minimum atomic E-state index is -0.476. The van der Waals surface area contributed by atoms with Crippen LogP contribution in [0.25, 0.3) is 18.2 Å². The maximum Gasteiger partial charge on any atom is 0.336 e. The van der Waals surface area contributed by atoms with Crippen molar-refractivity contribution in [3.05, 3.63) is 131 Å². The van der Waals surface area contributed by atoms with E-state index in [-0.39, 0.29) is 5.41 Å². The molecule has 0 aliphatic carbocycles. The third kappa shape index (κ3) is 6.40. The van der Waals surface area contributed by atoms with Crippen LogP contribution in [0.3, 0.4) is 0 Å². The fourth-order valence-corrected chi connectivity index (χ4v) is 4.24. The standard InChI is InChI=1S/C34H32O4/c1-34(2,27-13-9-6-10-14-27)28-17-19-29(20-18-28)38-33(35)22-21-31-26(16-15-25-11-7-5-8-12-25)23-30(36-3)24-32(31)37-4/h5-24H,1-4H3/b16-15+,22-21+. The van der Waals surface area contributed by atoms with E-state index >= 15 is 0 Å². The van der Waals surface area contributed by atoms with Crippen LogP contribution in [0.5, 0.6) is 17.2 Å². The Morgan fingerprint density at radius 3 is 1.95 bits per heavy atom. The van der Waals surface area contributed by atoms with Crippen molar-refractivity contribution in [1.29, 1.82) is 0 Å². The van der Waals surface area contributed by atoms with Crippen LogP contribution in [0.2, 0.25) is 0 Å². The first-order chi connectivity index (χ1) is 18.4. The van der Waals surface area contributed by atoms with Crippen LogP contribution < -0.4 is 14.2 Å². The Balaban J connectivity index is 1.53. The summed E-state index contributed by atoms with van der Waals surface area (Å²) in [5.74, 6) is 1.26. The first kappa shape index (κ1) is 26.5. The summed E-state index contributed by atoms with van der Waals surface area (Å²) in [5, 5.41) is 0.